The lowest BCUT2D eigenvalue weighted by Crippen LogP contribution is -1.82. The highest BCUT2D eigenvalue weighted by atomic mass is 32.1. The number of aliphatic hydroxyl groups excluding tert-OH is 1. The van der Waals surface area contributed by atoms with Gasteiger partial charge in [0.25, 0.3) is 0 Å². The summed E-state index contributed by atoms with van der Waals surface area (Å²) in [4.78, 5) is 2.52. The molecule has 15 heavy (non-hydrogen) atoms. The highest BCUT2D eigenvalue weighted by Gasteiger charge is 1.98. The molecule has 0 aliphatic carbocycles. The van der Waals surface area contributed by atoms with Gasteiger partial charge < -0.3 is 5.11 Å². The van der Waals surface area contributed by atoms with Crippen LogP contribution >= 0.6 is 11.3 Å². The molecule has 86 valence electrons. The first-order valence-corrected chi connectivity index (χ1v) is 6.87. The van der Waals surface area contributed by atoms with E-state index in [-0.39, 0.29) is 6.61 Å². The molecule has 0 aromatic carbocycles. The van der Waals surface area contributed by atoms with Gasteiger partial charge in [-0.1, -0.05) is 39.0 Å². The van der Waals surface area contributed by atoms with Crippen LogP contribution < -0.4 is 0 Å². The van der Waals surface area contributed by atoms with Crippen molar-refractivity contribution in [3.05, 3.63) is 21.9 Å². The Hall–Kier alpha value is -0.340. The van der Waals surface area contributed by atoms with E-state index in [1.54, 1.807) is 11.3 Å². The highest BCUT2D eigenvalue weighted by Crippen LogP contribution is 2.19. The normalized spacial score (nSPS) is 10.8. The first-order chi connectivity index (χ1) is 7.36. The zero-order valence-electron chi connectivity index (χ0n) is 9.67. The second-order valence-corrected chi connectivity index (χ2v) is 5.30. The second kappa shape index (κ2) is 7.89. The van der Waals surface area contributed by atoms with Gasteiger partial charge in [0.1, 0.15) is 0 Å². The Bertz CT molecular complexity index is 255. The van der Waals surface area contributed by atoms with Crippen molar-refractivity contribution < 1.29 is 5.11 Å². The van der Waals surface area contributed by atoms with Crippen LogP contribution in [0.25, 0.3) is 0 Å². The van der Waals surface area contributed by atoms with Crippen LogP contribution in [0.1, 0.15) is 55.2 Å². The van der Waals surface area contributed by atoms with Crippen LogP contribution in [0.4, 0.5) is 0 Å². The lowest BCUT2D eigenvalue weighted by atomic mass is 10.1. The van der Waals surface area contributed by atoms with Crippen molar-refractivity contribution in [1.29, 1.82) is 0 Å². The molecule has 0 aliphatic rings. The number of thiophene rings is 1. The minimum Gasteiger partial charge on any atom is -0.391 e. The third-order valence-electron chi connectivity index (χ3n) is 2.65. The Morgan fingerprint density at radius 3 is 2.33 bits per heavy atom. The van der Waals surface area contributed by atoms with Crippen molar-refractivity contribution in [3.8, 4) is 0 Å². The van der Waals surface area contributed by atoms with E-state index in [1.807, 2.05) is 6.07 Å². The summed E-state index contributed by atoms with van der Waals surface area (Å²) in [7, 11) is 0. The molecule has 2 heteroatoms. The fourth-order valence-corrected chi connectivity index (χ4v) is 2.64. The molecule has 0 bridgehead atoms. The van der Waals surface area contributed by atoms with Crippen molar-refractivity contribution in [2.45, 2.75) is 58.5 Å². The Labute approximate surface area is 97.2 Å². The predicted octanol–water partition coefficient (Wildman–Crippen LogP) is 4.14. The third-order valence-corrected chi connectivity index (χ3v) is 3.78. The van der Waals surface area contributed by atoms with Crippen LogP contribution in [-0.4, -0.2) is 5.11 Å². The topological polar surface area (TPSA) is 20.2 Å². The van der Waals surface area contributed by atoms with Crippen molar-refractivity contribution in [2.24, 2.45) is 0 Å². The van der Waals surface area contributed by atoms with E-state index in [4.69, 9.17) is 5.11 Å². The second-order valence-electron chi connectivity index (χ2n) is 4.04. The number of aliphatic hydroxyl groups is 1. The van der Waals surface area contributed by atoms with Gasteiger partial charge in [0.2, 0.25) is 0 Å². The van der Waals surface area contributed by atoms with Crippen LogP contribution in [-0.2, 0) is 13.0 Å². The van der Waals surface area contributed by atoms with E-state index in [9.17, 15) is 0 Å². The van der Waals surface area contributed by atoms with Crippen LogP contribution in [0.3, 0.4) is 0 Å². The molecular formula is C13H22OS. The molecule has 0 radical (unpaired) electrons. The minimum absolute atomic E-state index is 0.196. The summed E-state index contributed by atoms with van der Waals surface area (Å²) >= 11 is 1.75. The van der Waals surface area contributed by atoms with Crippen molar-refractivity contribution in [2.75, 3.05) is 0 Å². The molecule has 1 N–H and O–H groups in total. The number of aryl methyl sites for hydroxylation is 1. The molecule has 0 atom stereocenters. The molecule has 0 unspecified atom stereocenters. The number of unbranched alkanes of at least 4 members (excludes halogenated alkanes) is 5. The highest BCUT2D eigenvalue weighted by molar-refractivity contribution is 7.11. The van der Waals surface area contributed by atoms with E-state index in [0.29, 0.717) is 0 Å². The zero-order valence-corrected chi connectivity index (χ0v) is 10.5. The van der Waals surface area contributed by atoms with Gasteiger partial charge in [-0.15, -0.1) is 11.3 Å². The number of hydrogen-bond acceptors (Lipinski definition) is 2. The largest absolute Gasteiger partial charge is 0.391 e. The predicted molar refractivity (Wildman–Crippen MR) is 67.3 cm³/mol. The van der Waals surface area contributed by atoms with Gasteiger partial charge in [-0.3, -0.25) is 0 Å². The summed E-state index contributed by atoms with van der Waals surface area (Å²) < 4.78 is 0. The van der Waals surface area contributed by atoms with E-state index >= 15 is 0 Å². The monoisotopic (exact) mass is 226 g/mol. The van der Waals surface area contributed by atoms with Gasteiger partial charge in [-0.05, 0) is 25.0 Å². The maximum absolute atomic E-state index is 8.93. The van der Waals surface area contributed by atoms with Gasteiger partial charge in [-0.25, -0.2) is 0 Å². The molecule has 1 aromatic heterocycles. The SMILES string of the molecule is CCCCCCCCc1ccc(CO)s1. The summed E-state index contributed by atoms with van der Waals surface area (Å²) in [6.45, 7) is 2.45. The van der Waals surface area contributed by atoms with Gasteiger partial charge in [0.15, 0.2) is 0 Å². The Morgan fingerprint density at radius 2 is 1.67 bits per heavy atom. The van der Waals surface area contributed by atoms with E-state index < -0.39 is 0 Å². The summed E-state index contributed by atoms with van der Waals surface area (Å²) in [6.07, 6.45) is 9.32. The first kappa shape index (κ1) is 12.7. The van der Waals surface area contributed by atoms with Crippen molar-refractivity contribution >= 4 is 11.3 Å². The molecule has 0 spiro atoms. The molecule has 0 saturated heterocycles. The average Bonchev–Trinajstić information content (AvgIpc) is 2.71. The average molecular weight is 226 g/mol. The molecule has 0 aliphatic heterocycles. The van der Waals surface area contributed by atoms with Gasteiger partial charge in [-0.2, -0.15) is 0 Å². The number of hydrogen-bond donors (Lipinski definition) is 1. The fraction of sp³-hybridized carbons (Fsp3) is 0.692. The summed E-state index contributed by atoms with van der Waals surface area (Å²) in [5.74, 6) is 0. The molecule has 0 fully saturated rings. The zero-order chi connectivity index (χ0) is 10.9. The molecule has 1 heterocycles. The van der Waals surface area contributed by atoms with Gasteiger partial charge >= 0.3 is 0 Å². The Kier molecular flexibility index (Phi) is 6.69. The van der Waals surface area contributed by atoms with Gasteiger partial charge in [0, 0.05) is 9.75 Å². The smallest absolute Gasteiger partial charge is 0.0774 e. The minimum atomic E-state index is 0.196. The van der Waals surface area contributed by atoms with Crippen LogP contribution in [0.2, 0.25) is 0 Å². The van der Waals surface area contributed by atoms with E-state index in [0.717, 1.165) is 4.88 Å². The van der Waals surface area contributed by atoms with Crippen molar-refractivity contribution in [3.63, 3.8) is 0 Å². The fourth-order valence-electron chi connectivity index (χ4n) is 1.72. The maximum Gasteiger partial charge on any atom is 0.0774 e. The van der Waals surface area contributed by atoms with Gasteiger partial charge in [0.05, 0.1) is 6.61 Å². The molecule has 0 saturated carbocycles. The Balaban J connectivity index is 2.04. The molecule has 1 aromatic rings. The molecule has 1 rings (SSSR count). The van der Waals surface area contributed by atoms with Crippen LogP contribution in [0.15, 0.2) is 12.1 Å². The number of rotatable bonds is 8. The van der Waals surface area contributed by atoms with Crippen LogP contribution in [0.5, 0.6) is 0 Å². The van der Waals surface area contributed by atoms with E-state index in [1.165, 1.54) is 49.8 Å². The lowest BCUT2D eigenvalue weighted by Gasteiger charge is -1.99. The van der Waals surface area contributed by atoms with Crippen molar-refractivity contribution in [1.82, 2.24) is 0 Å². The first-order valence-electron chi connectivity index (χ1n) is 6.05. The molecule has 0 amide bonds. The Morgan fingerprint density at radius 1 is 1.00 bits per heavy atom. The maximum atomic E-state index is 8.93. The summed E-state index contributed by atoms with van der Waals surface area (Å²) in [5.41, 5.74) is 0. The molecule has 1 nitrogen and oxygen atoms in total. The quantitative estimate of drug-likeness (QED) is 0.660. The summed E-state index contributed by atoms with van der Waals surface area (Å²) in [6, 6.07) is 4.19. The van der Waals surface area contributed by atoms with Crippen LogP contribution in [0, 0.1) is 0 Å². The van der Waals surface area contributed by atoms with E-state index in [2.05, 4.69) is 13.0 Å². The summed E-state index contributed by atoms with van der Waals surface area (Å²) in [5, 5.41) is 8.93. The lowest BCUT2D eigenvalue weighted by molar-refractivity contribution is 0.285. The standard InChI is InChI=1S/C13H22OS/c1-2-3-4-5-6-7-8-12-9-10-13(11-14)15-12/h9-10,14H,2-8,11H2,1H3. The molecular weight excluding hydrogens is 204 g/mol. The third kappa shape index (κ3) is 5.33.